The second-order valence-corrected chi connectivity index (χ2v) is 5.68. The zero-order valence-corrected chi connectivity index (χ0v) is 13.1. The van der Waals surface area contributed by atoms with Crippen molar-refractivity contribution in [2.75, 3.05) is 32.7 Å². The summed E-state index contributed by atoms with van der Waals surface area (Å²) in [7, 11) is 0. The zero-order valence-electron chi connectivity index (χ0n) is 13.1. The molecular formula is C18H26N2O. The van der Waals surface area contributed by atoms with Crippen LogP contribution in [0.2, 0.25) is 0 Å². The number of rotatable bonds is 6. The Bertz CT molecular complexity index is 459. The van der Waals surface area contributed by atoms with Gasteiger partial charge in [-0.25, -0.2) is 0 Å². The Labute approximate surface area is 128 Å². The molecule has 0 N–H and O–H groups in total. The number of hydrogen-bond acceptors (Lipinski definition) is 2. The first-order valence-corrected chi connectivity index (χ1v) is 7.96. The molecule has 3 heteroatoms. The lowest BCUT2D eigenvalue weighted by Gasteiger charge is -2.34. The largest absolute Gasteiger partial charge is 0.336 e. The third kappa shape index (κ3) is 4.43. The van der Waals surface area contributed by atoms with Crippen molar-refractivity contribution in [3.05, 3.63) is 48.0 Å². The molecule has 1 aromatic carbocycles. The fraction of sp³-hybridized carbons (Fsp3) is 0.500. The maximum atomic E-state index is 12.5. The highest BCUT2D eigenvalue weighted by atomic mass is 16.2. The highest BCUT2D eigenvalue weighted by molar-refractivity contribution is 5.94. The zero-order chi connectivity index (χ0) is 15.1. The summed E-state index contributed by atoms with van der Waals surface area (Å²) in [6.07, 6.45) is 5.44. The first-order valence-electron chi connectivity index (χ1n) is 7.96. The highest BCUT2D eigenvalue weighted by Crippen LogP contribution is 2.12. The molecule has 0 saturated carbocycles. The van der Waals surface area contributed by atoms with E-state index in [-0.39, 0.29) is 5.91 Å². The van der Waals surface area contributed by atoms with E-state index in [0.29, 0.717) is 0 Å². The lowest BCUT2D eigenvalue weighted by Crippen LogP contribution is -2.48. The molecule has 1 fully saturated rings. The van der Waals surface area contributed by atoms with Crippen LogP contribution in [0.3, 0.4) is 0 Å². The van der Waals surface area contributed by atoms with Crippen LogP contribution in [-0.2, 0) is 6.42 Å². The van der Waals surface area contributed by atoms with E-state index < -0.39 is 0 Å². The monoisotopic (exact) mass is 286 g/mol. The predicted molar refractivity (Wildman–Crippen MR) is 87.6 cm³/mol. The third-order valence-electron chi connectivity index (χ3n) is 4.07. The Hall–Kier alpha value is -1.61. The molecule has 21 heavy (non-hydrogen) atoms. The maximum Gasteiger partial charge on any atom is 0.253 e. The number of carbonyl (C=O) groups excluding carboxylic acids is 1. The van der Waals surface area contributed by atoms with Crippen molar-refractivity contribution in [3.63, 3.8) is 0 Å². The van der Waals surface area contributed by atoms with Crippen LogP contribution in [0.1, 0.15) is 35.7 Å². The van der Waals surface area contributed by atoms with Gasteiger partial charge < -0.3 is 4.90 Å². The van der Waals surface area contributed by atoms with E-state index in [1.165, 1.54) is 18.4 Å². The van der Waals surface area contributed by atoms with Crippen molar-refractivity contribution in [2.24, 2.45) is 0 Å². The van der Waals surface area contributed by atoms with Gasteiger partial charge in [0, 0.05) is 38.3 Å². The normalized spacial score (nSPS) is 16.0. The average Bonchev–Trinajstić information content (AvgIpc) is 2.54. The second-order valence-electron chi connectivity index (χ2n) is 5.68. The Balaban J connectivity index is 1.90. The van der Waals surface area contributed by atoms with Gasteiger partial charge >= 0.3 is 0 Å². The number of unbranched alkanes of at least 4 members (excludes halogenated alkanes) is 1. The minimum atomic E-state index is 0.162. The molecule has 1 aromatic rings. The summed E-state index contributed by atoms with van der Waals surface area (Å²) >= 11 is 0. The molecule has 0 atom stereocenters. The molecule has 0 unspecified atom stereocenters. The van der Waals surface area contributed by atoms with Gasteiger partial charge in [0.2, 0.25) is 0 Å². The van der Waals surface area contributed by atoms with Crippen LogP contribution in [0.15, 0.2) is 36.9 Å². The summed E-state index contributed by atoms with van der Waals surface area (Å²) < 4.78 is 0. The smallest absolute Gasteiger partial charge is 0.253 e. The lowest BCUT2D eigenvalue weighted by atomic mass is 10.1. The van der Waals surface area contributed by atoms with Gasteiger partial charge in [0.15, 0.2) is 0 Å². The minimum Gasteiger partial charge on any atom is -0.336 e. The first kappa shape index (κ1) is 15.8. The molecule has 1 aliphatic rings. The van der Waals surface area contributed by atoms with Gasteiger partial charge in [-0.3, -0.25) is 9.69 Å². The molecule has 0 bridgehead atoms. The summed E-state index contributed by atoms with van der Waals surface area (Å²) in [6.45, 7) is 10.4. The Morgan fingerprint density at radius 1 is 1.19 bits per heavy atom. The first-order chi connectivity index (χ1) is 10.2. The van der Waals surface area contributed by atoms with Crippen molar-refractivity contribution in [3.8, 4) is 0 Å². The summed E-state index contributed by atoms with van der Waals surface area (Å²) in [4.78, 5) is 16.8. The average molecular weight is 286 g/mol. The Morgan fingerprint density at radius 3 is 2.43 bits per heavy atom. The topological polar surface area (TPSA) is 23.6 Å². The molecule has 0 radical (unpaired) electrons. The van der Waals surface area contributed by atoms with Crippen molar-refractivity contribution >= 4 is 5.91 Å². The van der Waals surface area contributed by atoms with E-state index in [4.69, 9.17) is 0 Å². The number of benzene rings is 1. The quantitative estimate of drug-likeness (QED) is 0.751. The van der Waals surface area contributed by atoms with Gasteiger partial charge in [0.25, 0.3) is 5.91 Å². The number of carbonyl (C=O) groups is 1. The van der Waals surface area contributed by atoms with Gasteiger partial charge in [0.1, 0.15) is 0 Å². The van der Waals surface area contributed by atoms with E-state index in [0.717, 1.165) is 44.7 Å². The SMILES string of the molecule is C=CCN1CCN(C(=O)c2ccc(CCCC)cc2)CC1. The molecule has 114 valence electrons. The van der Waals surface area contributed by atoms with E-state index in [1.54, 1.807) is 0 Å². The van der Waals surface area contributed by atoms with E-state index in [2.05, 4.69) is 30.5 Å². The number of aryl methyl sites for hydroxylation is 1. The van der Waals surface area contributed by atoms with Crippen LogP contribution in [0.25, 0.3) is 0 Å². The van der Waals surface area contributed by atoms with Crippen LogP contribution in [0.4, 0.5) is 0 Å². The number of piperazine rings is 1. The van der Waals surface area contributed by atoms with Crippen LogP contribution in [0, 0.1) is 0 Å². The predicted octanol–water partition coefficient (Wildman–Crippen LogP) is 2.97. The number of amides is 1. The van der Waals surface area contributed by atoms with Crippen molar-refractivity contribution in [2.45, 2.75) is 26.2 Å². The summed E-state index contributed by atoms with van der Waals surface area (Å²) in [6, 6.07) is 8.14. The lowest BCUT2D eigenvalue weighted by molar-refractivity contribution is 0.0650. The molecule has 1 saturated heterocycles. The molecule has 3 nitrogen and oxygen atoms in total. The van der Waals surface area contributed by atoms with Crippen LogP contribution >= 0.6 is 0 Å². The Kier molecular flexibility index (Phi) is 6.00. The van der Waals surface area contributed by atoms with Gasteiger partial charge in [-0.15, -0.1) is 6.58 Å². The van der Waals surface area contributed by atoms with Crippen LogP contribution < -0.4 is 0 Å². The van der Waals surface area contributed by atoms with E-state index >= 15 is 0 Å². The molecule has 0 aliphatic carbocycles. The van der Waals surface area contributed by atoms with Crippen molar-refractivity contribution in [1.29, 1.82) is 0 Å². The van der Waals surface area contributed by atoms with E-state index in [9.17, 15) is 4.79 Å². The summed E-state index contributed by atoms with van der Waals surface area (Å²) in [5, 5.41) is 0. The van der Waals surface area contributed by atoms with Crippen molar-refractivity contribution < 1.29 is 4.79 Å². The maximum absolute atomic E-state index is 12.5. The molecule has 1 amide bonds. The molecule has 1 heterocycles. The minimum absolute atomic E-state index is 0.162. The van der Waals surface area contributed by atoms with Gasteiger partial charge in [-0.05, 0) is 30.5 Å². The van der Waals surface area contributed by atoms with Gasteiger partial charge in [0.05, 0.1) is 0 Å². The van der Waals surface area contributed by atoms with Gasteiger partial charge in [-0.1, -0.05) is 31.6 Å². The molecule has 2 rings (SSSR count). The fourth-order valence-electron chi connectivity index (χ4n) is 2.69. The molecular weight excluding hydrogens is 260 g/mol. The number of hydrogen-bond donors (Lipinski definition) is 0. The van der Waals surface area contributed by atoms with Crippen LogP contribution in [-0.4, -0.2) is 48.4 Å². The molecule has 1 aliphatic heterocycles. The standard InChI is InChI=1S/C18H26N2O/c1-3-5-6-16-7-9-17(10-8-16)18(21)20-14-12-19(11-4-2)13-15-20/h4,7-10H,2-3,5-6,11-15H2,1H3. The highest BCUT2D eigenvalue weighted by Gasteiger charge is 2.21. The summed E-state index contributed by atoms with van der Waals surface area (Å²) in [5.74, 6) is 0.162. The fourth-order valence-corrected chi connectivity index (χ4v) is 2.69. The van der Waals surface area contributed by atoms with E-state index in [1.807, 2.05) is 23.1 Å². The second kappa shape index (κ2) is 7.99. The Morgan fingerprint density at radius 2 is 1.86 bits per heavy atom. The van der Waals surface area contributed by atoms with Crippen molar-refractivity contribution in [1.82, 2.24) is 9.80 Å². The number of nitrogens with zero attached hydrogens (tertiary/aromatic N) is 2. The van der Waals surface area contributed by atoms with Crippen LogP contribution in [0.5, 0.6) is 0 Å². The molecule has 0 aromatic heterocycles. The third-order valence-corrected chi connectivity index (χ3v) is 4.07. The molecule has 0 spiro atoms. The van der Waals surface area contributed by atoms with Gasteiger partial charge in [-0.2, -0.15) is 0 Å². The summed E-state index contributed by atoms with van der Waals surface area (Å²) in [5.41, 5.74) is 2.14.